The van der Waals surface area contributed by atoms with Gasteiger partial charge in [-0.3, -0.25) is 14.9 Å². The molecule has 1 aliphatic carbocycles. The van der Waals surface area contributed by atoms with E-state index in [2.05, 4.69) is 12.2 Å². The van der Waals surface area contributed by atoms with Crippen molar-refractivity contribution < 1.29 is 9.59 Å². The van der Waals surface area contributed by atoms with Crippen molar-refractivity contribution in [2.75, 3.05) is 0 Å². The largest absolute Gasteiger partial charge is 0.292 e. The van der Waals surface area contributed by atoms with Crippen LogP contribution in [-0.2, 0) is 9.59 Å². The maximum Gasteiger partial charge on any atom is 0.254 e. The minimum absolute atomic E-state index is 0.136. The second-order valence-corrected chi connectivity index (χ2v) is 4.41. The predicted molar refractivity (Wildman–Crippen MR) is 57.0 cm³/mol. The molecule has 1 heterocycles. The van der Waals surface area contributed by atoms with E-state index >= 15 is 0 Å². The molecule has 0 radical (unpaired) electrons. The zero-order valence-electron chi connectivity index (χ0n) is 9.14. The number of rotatable bonds is 1. The Morgan fingerprint density at radius 3 is 2.73 bits per heavy atom. The molecule has 1 atom stereocenters. The van der Waals surface area contributed by atoms with E-state index in [1.54, 1.807) is 0 Å². The molecular weight excluding hydrogens is 190 g/mol. The Kier molecular flexibility index (Phi) is 2.89. The lowest BCUT2D eigenvalue weighted by atomic mass is 9.80. The van der Waals surface area contributed by atoms with Crippen molar-refractivity contribution in [2.45, 2.75) is 45.4 Å². The molecule has 2 aliphatic rings. The molecule has 1 saturated carbocycles. The van der Waals surface area contributed by atoms with Crippen LogP contribution >= 0.6 is 0 Å². The molecule has 1 N–H and O–H groups in total. The summed E-state index contributed by atoms with van der Waals surface area (Å²) in [6.45, 7) is 2.16. The Labute approximate surface area is 89.9 Å². The number of hydrogen-bond donors (Lipinski definition) is 1. The smallest absolute Gasteiger partial charge is 0.254 e. The van der Waals surface area contributed by atoms with Crippen molar-refractivity contribution in [3.63, 3.8) is 0 Å². The number of carbonyl (C=O) groups is 2. The summed E-state index contributed by atoms with van der Waals surface area (Å²) in [4.78, 5) is 22.7. The van der Waals surface area contributed by atoms with Gasteiger partial charge in [0.1, 0.15) is 0 Å². The highest BCUT2D eigenvalue weighted by atomic mass is 16.2. The van der Waals surface area contributed by atoms with E-state index in [-0.39, 0.29) is 11.8 Å². The molecule has 3 heteroatoms. The number of allylic oxidation sites excluding steroid dienone is 1. The van der Waals surface area contributed by atoms with Gasteiger partial charge < -0.3 is 0 Å². The normalized spacial score (nSPS) is 31.9. The molecule has 0 aromatic heterocycles. The van der Waals surface area contributed by atoms with Gasteiger partial charge in [-0.2, -0.15) is 0 Å². The van der Waals surface area contributed by atoms with Crippen LogP contribution in [0.15, 0.2) is 11.1 Å². The lowest BCUT2D eigenvalue weighted by molar-refractivity contribution is -0.124. The number of amides is 2. The van der Waals surface area contributed by atoms with E-state index < -0.39 is 0 Å². The van der Waals surface area contributed by atoms with Crippen LogP contribution in [0.3, 0.4) is 0 Å². The van der Waals surface area contributed by atoms with Crippen molar-refractivity contribution in [1.82, 2.24) is 5.32 Å². The Morgan fingerprint density at radius 1 is 1.33 bits per heavy atom. The summed E-state index contributed by atoms with van der Waals surface area (Å²) in [7, 11) is 0. The fourth-order valence-electron chi connectivity index (χ4n) is 2.68. The third-order valence-corrected chi connectivity index (χ3v) is 3.49. The van der Waals surface area contributed by atoms with Crippen LogP contribution in [0.25, 0.3) is 0 Å². The van der Waals surface area contributed by atoms with Gasteiger partial charge >= 0.3 is 0 Å². The third kappa shape index (κ3) is 1.96. The molecule has 3 nitrogen and oxygen atoms in total. The molecule has 1 saturated heterocycles. The van der Waals surface area contributed by atoms with Crippen LogP contribution in [0.5, 0.6) is 0 Å². The van der Waals surface area contributed by atoms with E-state index in [1.165, 1.54) is 18.4 Å². The fraction of sp³-hybridized carbons (Fsp3) is 0.667. The standard InChI is InChI=1S/C12H17NO2/c1-2-8-5-3-4-6-9(8)10-7-11(14)13-12(10)15/h8H,2-7H2,1H3,(H,13,14,15). The zero-order chi connectivity index (χ0) is 10.8. The molecule has 0 bridgehead atoms. The maximum absolute atomic E-state index is 11.6. The molecule has 0 spiro atoms. The molecule has 82 valence electrons. The molecular formula is C12H17NO2. The summed E-state index contributed by atoms with van der Waals surface area (Å²) in [6, 6.07) is 0. The first-order valence-electron chi connectivity index (χ1n) is 5.78. The maximum atomic E-state index is 11.6. The first-order valence-corrected chi connectivity index (χ1v) is 5.78. The van der Waals surface area contributed by atoms with Gasteiger partial charge in [-0.1, -0.05) is 18.9 Å². The Balaban J connectivity index is 2.28. The number of imide groups is 1. The molecule has 1 aliphatic heterocycles. The average Bonchev–Trinajstić information content (AvgIpc) is 2.57. The molecule has 2 rings (SSSR count). The van der Waals surface area contributed by atoms with E-state index in [9.17, 15) is 9.59 Å². The molecule has 1 unspecified atom stereocenters. The summed E-state index contributed by atoms with van der Waals surface area (Å²) in [6.07, 6.45) is 6.00. The average molecular weight is 207 g/mol. The van der Waals surface area contributed by atoms with Gasteiger partial charge in [-0.15, -0.1) is 0 Å². The van der Waals surface area contributed by atoms with E-state index in [1.807, 2.05) is 0 Å². The van der Waals surface area contributed by atoms with Crippen LogP contribution in [-0.4, -0.2) is 11.8 Å². The van der Waals surface area contributed by atoms with Gasteiger partial charge in [0.25, 0.3) is 5.91 Å². The highest BCUT2D eigenvalue weighted by molar-refractivity contribution is 6.13. The summed E-state index contributed by atoms with van der Waals surface area (Å²) < 4.78 is 0. The highest BCUT2D eigenvalue weighted by Gasteiger charge is 2.30. The van der Waals surface area contributed by atoms with Gasteiger partial charge in [-0.25, -0.2) is 0 Å². The Morgan fingerprint density at radius 2 is 2.13 bits per heavy atom. The Bertz CT molecular complexity index is 331. The lowest BCUT2D eigenvalue weighted by Gasteiger charge is -2.25. The zero-order valence-corrected chi connectivity index (χ0v) is 9.14. The number of hydrogen-bond acceptors (Lipinski definition) is 2. The van der Waals surface area contributed by atoms with Crippen LogP contribution in [0, 0.1) is 5.92 Å². The SMILES string of the molecule is CCC1CCCCC1=C1CC(=O)NC1=O. The molecule has 2 amide bonds. The van der Waals surface area contributed by atoms with Crippen molar-refractivity contribution in [1.29, 1.82) is 0 Å². The molecule has 15 heavy (non-hydrogen) atoms. The highest BCUT2D eigenvalue weighted by Crippen LogP contribution is 2.35. The second kappa shape index (κ2) is 4.17. The lowest BCUT2D eigenvalue weighted by Crippen LogP contribution is -2.21. The van der Waals surface area contributed by atoms with Crippen LogP contribution in [0.2, 0.25) is 0 Å². The van der Waals surface area contributed by atoms with Gasteiger partial charge in [-0.05, 0) is 31.6 Å². The van der Waals surface area contributed by atoms with Crippen molar-refractivity contribution in [3.05, 3.63) is 11.1 Å². The van der Waals surface area contributed by atoms with Crippen molar-refractivity contribution in [3.8, 4) is 0 Å². The molecule has 2 fully saturated rings. The van der Waals surface area contributed by atoms with Gasteiger partial charge in [0, 0.05) is 5.57 Å². The van der Waals surface area contributed by atoms with E-state index in [0.717, 1.165) is 24.8 Å². The van der Waals surface area contributed by atoms with Crippen molar-refractivity contribution in [2.24, 2.45) is 5.92 Å². The van der Waals surface area contributed by atoms with Crippen molar-refractivity contribution >= 4 is 11.8 Å². The fourth-order valence-corrected chi connectivity index (χ4v) is 2.68. The minimum atomic E-state index is -0.143. The molecule has 0 aromatic carbocycles. The van der Waals surface area contributed by atoms with Gasteiger partial charge in [0.15, 0.2) is 0 Å². The second-order valence-electron chi connectivity index (χ2n) is 4.41. The third-order valence-electron chi connectivity index (χ3n) is 3.49. The summed E-state index contributed by atoms with van der Waals surface area (Å²) in [5.74, 6) is 0.253. The first-order chi connectivity index (χ1) is 7.22. The Hall–Kier alpha value is -1.12. The van der Waals surface area contributed by atoms with Crippen LogP contribution in [0.1, 0.15) is 45.4 Å². The summed E-state index contributed by atoms with van der Waals surface area (Å²) in [5, 5.41) is 2.37. The monoisotopic (exact) mass is 207 g/mol. The summed E-state index contributed by atoms with van der Waals surface area (Å²) in [5.41, 5.74) is 2.03. The van der Waals surface area contributed by atoms with Crippen LogP contribution < -0.4 is 5.32 Å². The quantitative estimate of drug-likeness (QED) is 0.527. The van der Waals surface area contributed by atoms with Gasteiger partial charge in [0.05, 0.1) is 6.42 Å². The number of nitrogens with one attached hydrogen (secondary N) is 1. The van der Waals surface area contributed by atoms with Gasteiger partial charge in [0.2, 0.25) is 5.91 Å². The minimum Gasteiger partial charge on any atom is -0.292 e. The predicted octanol–water partition coefficient (Wildman–Crippen LogP) is 1.93. The first kappa shape index (κ1) is 10.4. The number of carbonyl (C=O) groups excluding carboxylic acids is 2. The molecule has 0 aromatic rings. The van der Waals surface area contributed by atoms with E-state index in [4.69, 9.17) is 0 Å². The van der Waals surface area contributed by atoms with Crippen LogP contribution in [0.4, 0.5) is 0 Å². The summed E-state index contributed by atoms with van der Waals surface area (Å²) >= 11 is 0. The topological polar surface area (TPSA) is 46.2 Å². The van der Waals surface area contributed by atoms with E-state index in [0.29, 0.717) is 12.3 Å².